The van der Waals surface area contributed by atoms with Gasteiger partial charge < -0.3 is 10.1 Å². The number of benzene rings is 2. The third-order valence-corrected chi connectivity index (χ3v) is 5.63. The van der Waals surface area contributed by atoms with E-state index in [0.29, 0.717) is 5.56 Å². The molecule has 2 aromatic rings. The molecule has 1 N–H and O–H groups in total. The molecular weight excluding hydrogens is 368 g/mol. The van der Waals surface area contributed by atoms with Gasteiger partial charge >= 0.3 is 5.97 Å². The molecule has 6 nitrogen and oxygen atoms in total. The number of halogens is 1. The summed E-state index contributed by atoms with van der Waals surface area (Å²) in [7, 11) is 1.36. The van der Waals surface area contributed by atoms with Crippen molar-refractivity contribution in [1.29, 1.82) is 0 Å². The molecule has 0 saturated heterocycles. The monoisotopic (exact) mass is 384 g/mol. The molecule has 0 radical (unpaired) electrons. The predicted molar refractivity (Wildman–Crippen MR) is 102 cm³/mol. The van der Waals surface area contributed by atoms with Crippen LogP contribution in [-0.4, -0.2) is 18.0 Å². The number of nitrogens with one attached hydrogen (secondary N) is 1. The molecule has 27 heavy (non-hydrogen) atoms. The topological polar surface area (TPSA) is 81.5 Å². The maximum absolute atomic E-state index is 11.9. The lowest BCUT2D eigenvalue weighted by Crippen LogP contribution is -2.29. The fourth-order valence-corrected chi connectivity index (χ4v) is 4.22. The number of allylic oxidation sites excluding steroid dienone is 2. The van der Waals surface area contributed by atoms with Gasteiger partial charge in [-0.2, -0.15) is 0 Å². The van der Waals surface area contributed by atoms with Crippen LogP contribution in [0.25, 0.3) is 0 Å². The van der Waals surface area contributed by atoms with Gasteiger partial charge in [-0.15, -0.1) is 0 Å². The van der Waals surface area contributed by atoms with E-state index in [4.69, 9.17) is 16.3 Å². The first-order valence-corrected chi connectivity index (χ1v) is 8.96. The Bertz CT molecular complexity index is 972. The number of fused-ring (bicyclic) bond motifs is 3. The Morgan fingerprint density at radius 1 is 1.30 bits per heavy atom. The zero-order valence-electron chi connectivity index (χ0n) is 14.5. The minimum atomic E-state index is -0.463. The third kappa shape index (κ3) is 2.96. The van der Waals surface area contributed by atoms with E-state index in [2.05, 4.69) is 17.5 Å². The van der Waals surface area contributed by atoms with Crippen LogP contribution in [0, 0.1) is 16.0 Å². The maximum atomic E-state index is 11.9. The Morgan fingerprint density at radius 3 is 2.85 bits per heavy atom. The van der Waals surface area contributed by atoms with E-state index in [1.54, 1.807) is 18.2 Å². The lowest BCUT2D eigenvalue weighted by Gasteiger charge is -2.37. The number of nitro groups is 1. The van der Waals surface area contributed by atoms with Crippen molar-refractivity contribution in [3.8, 4) is 0 Å². The van der Waals surface area contributed by atoms with Crippen LogP contribution in [0.1, 0.15) is 39.9 Å². The number of hydrogen-bond donors (Lipinski definition) is 1. The van der Waals surface area contributed by atoms with Crippen molar-refractivity contribution in [3.05, 3.63) is 80.4 Å². The molecule has 0 amide bonds. The fraction of sp³-hybridized carbons (Fsp3) is 0.250. The number of methoxy groups -OCH3 is 1. The largest absolute Gasteiger partial charge is 0.465 e. The van der Waals surface area contributed by atoms with E-state index in [1.165, 1.54) is 7.11 Å². The number of hydrogen-bond acceptors (Lipinski definition) is 5. The van der Waals surface area contributed by atoms with Gasteiger partial charge in [-0.25, -0.2) is 4.79 Å². The van der Waals surface area contributed by atoms with Gasteiger partial charge in [-0.3, -0.25) is 10.1 Å². The average Bonchev–Trinajstić information content (AvgIpc) is 3.16. The molecule has 0 unspecified atom stereocenters. The summed E-state index contributed by atoms with van der Waals surface area (Å²) in [5, 5.41) is 14.9. The zero-order valence-corrected chi connectivity index (χ0v) is 15.3. The first kappa shape index (κ1) is 17.5. The van der Waals surface area contributed by atoms with Crippen LogP contribution < -0.4 is 5.32 Å². The predicted octanol–water partition coefficient (Wildman–Crippen LogP) is 4.86. The number of rotatable bonds is 3. The molecule has 0 aromatic heterocycles. The SMILES string of the molecule is COC(=O)c1ccc2c(c1)[C@@H]1C=CC[C@H]1[C@H](c1ccc(Cl)c([N+](=O)[O-])c1)N2. The Balaban J connectivity index is 1.76. The number of nitro benzene ring substituents is 1. The van der Waals surface area contributed by atoms with E-state index in [9.17, 15) is 14.9 Å². The number of esters is 1. The molecule has 138 valence electrons. The van der Waals surface area contributed by atoms with Crippen molar-refractivity contribution in [2.45, 2.75) is 18.4 Å². The van der Waals surface area contributed by atoms with E-state index in [1.807, 2.05) is 18.2 Å². The van der Waals surface area contributed by atoms with Crippen LogP contribution in [-0.2, 0) is 4.74 Å². The highest BCUT2D eigenvalue weighted by Crippen LogP contribution is 2.50. The van der Waals surface area contributed by atoms with Crippen molar-refractivity contribution in [1.82, 2.24) is 0 Å². The highest BCUT2D eigenvalue weighted by Gasteiger charge is 2.38. The van der Waals surface area contributed by atoms with Gasteiger partial charge in [-0.05, 0) is 47.7 Å². The normalized spacial score (nSPS) is 22.5. The minimum Gasteiger partial charge on any atom is -0.465 e. The van der Waals surface area contributed by atoms with Crippen molar-refractivity contribution in [2.24, 2.45) is 5.92 Å². The van der Waals surface area contributed by atoms with Crippen LogP contribution in [0.5, 0.6) is 0 Å². The summed E-state index contributed by atoms with van der Waals surface area (Å²) in [6.45, 7) is 0. The molecule has 2 aromatic carbocycles. The molecule has 0 saturated carbocycles. The van der Waals surface area contributed by atoms with Crippen molar-refractivity contribution in [3.63, 3.8) is 0 Å². The van der Waals surface area contributed by atoms with Crippen LogP contribution in [0.4, 0.5) is 11.4 Å². The highest BCUT2D eigenvalue weighted by atomic mass is 35.5. The van der Waals surface area contributed by atoms with E-state index in [0.717, 1.165) is 23.2 Å². The van der Waals surface area contributed by atoms with E-state index >= 15 is 0 Å². The van der Waals surface area contributed by atoms with Gasteiger partial charge in [0.05, 0.1) is 23.6 Å². The first-order chi connectivity index (χ1) is 13.0. The maximum Gasteiger partial charge on any atom is 0.337 e. The van der Waals surface area contributed by atoms with E-state index in [-0.39, 0.29) is 34.6 Å². The summed E-state index contributed by atoms with van der Waals surface area (Å²) in [6, 6.07) is 10.3. The quantitative estimate of drug-likeness (QED) is 0.353. The third-order valence-electron chi connectivity index (χ3n) is 5.31. The molecule has 0 fully saturated rings. The summed E-state index contributed by atoms with van der Waals surface area (Å²) in [6.07, 6.45) is 5.11. The molecule has 3 atom stereocenters. The molecule has 1 aliphatic heterocycles. The smallest absolute Gasteiger partial charge is 0.337 e. The Kier molecular flexibility index (Phi) is 4.36. The number of carbonyl (C=O) groups is 1. The molecule has 7 heteroatoms. The Labute approximate surface area is 160 Å². The van der Waals surface area contributed by atoms with Crippen LogP contribution in [0.2, 0.25) is 5.02 Å². The number of ether oxygens (including phenoxy) is 1. The second-order valence-electron chi connectivity index (χ2n) is 6.74. The van der Waals surface area contributed by atoms with Crippen molar-refractivity contribution < 1.29 is 14.5 Å². The standard InChI is InChI=1S/C20H17ClN2O4/c1-27-20(24)12-6-8-17-15(9-12)13-3-2-4-14(13)19(22-17)11-5-7-16(21)18(10-11)23(25)26/h2-3,5-10,13-14,19,22H,4H2,1H3/t13-,14-,19+/m1/s1. The summed E-state index contributed by atoms with van der Waals surface area (Å²) in [5.74, 6) is -0.0384. The molecule has 4 rings (SSSR count). The van der Waals surface area contributed by atoms with E-state index < -0.39 is 4.92 Å². The molecule has 0 bridgehead atoms. The minimum absolute atomic E-state index is 0.0857. The number of anilines is 1. The molecule has 2 aliphatic rings. The lowest BCUT2D eigenvalue weighted by atomic mass is 9.76. The first-order valence-electron chi connectivity index (χ1n) is 8.59. The Hall–Kier alpha value is -2.86. The second-order valence-corrected chi connectivity index (χ2v) is 7.14. The summed E-state index contributed by atoms with van der Waals surface area (Å²) in [4.78, 5) is 22.7. The molecular formula is C20H17ClN2O4. The molecule has 1 heterocycles. The van der Waals surface area contributed by atoms with Gasteiger partial charge in [0, 0.05) is 17.7 Å². The van der Waals surface area contributed by atoms with Crippen LogP contribution >= 0.6 is 11.6 Å². The summed E-state index contributed by atoms with van der Waals surface area (Å²) >= 11 is 5.97. The zero-order chi connectivity index (χ0) is 19.1. The summed E-state index contributed by atoms with van der Waals surface area (Å²) in [5.41, 5.74) is 3.20. The number of carbonyl (C=O) groups excluding carboxylic acids is 1. The van der Waals surface area contributed by atoms with Crippen molar-refractivity contribution in [2.75, 3.05) is 12.4 Å². The van der Waals surface area contributed by atoms with Crippen LogP contribution in [0.15, 0.2) is 48.6 Å². The molecule has 0 spiro atoms. The van der Waals surface area contributed by atoms with Gasteiger partial charge in [0.25, 0.3) is 5.69 Å². The van der Waals surface area contributed by atoms with Gasteiger partial charge in [0.15, 0.2) is 0 Å². The summed E-state index contributed by atoms with van der Waals surface area (Å²) < 4.78 is 4.82. The van der Waals surface area contributed by atoms with Gasteiger partial charge in [-0.1, -0.05) is 29.8 Å². The van der Waals surface area contributed by atoms with Crippen LogP contribution in [0.3, 0.4) is 0 Å². The molecule has 1 aliphatic carbocycles. The number of nitrogens with zero attached hydrogens (tertiary/aromatic N) is 1. The second kappa shape index (κ2) is 6.70. The highest BCUT2D eigenvalue weighted by molar-refractivity contribution is 6.32. The average molecular weight is 385 g/mol. The Morgan fingerprint density at radius 2 is 2.11 bits per heavy atom. The van der Waals surface area contributed by atoms with Gasteiger partial charge in [0.1, 0.15) is 5.02 Å². The lowest BCUT2D eigenvalue weighted by molar-refractivity contribution is -0.384. The van der Waals surface area contributed by atoms with Crippen molar-refractivity contribution >= 4 is 28.9 Å². The fourth-order valence-electron chi connectivity index (χ4n) is 4.03. The van der Waals surface area contributed by atoms with Gasteiger partial charge in [0.2, 0.25) is 0 Å².